The SMILES string of the molecule is O=C(CC(=Cc1ccccc1)c1ccccc1)O[SiH3]. The molecule has 0 aromatic heterocycles. The lowest BCUT2D eigenvalue weighted by atomic mass is 10.00. The highest BCUT2D eigenvalue weighted by Gasteiger charge is 2.07. The minimum Gasteiger partial charge on any atom is -0.528 e. The molecule has 3 heteroatoms. The summed E-state index contributed by atoms with van der Waals surface area (Å²) in [5.74, 6) is -0.169. The maximum atomic E-state index is 11.6. The summed E-state index contributed by atoms with van der Waals surface area (Å²) in [6.07, 6.45) is 2.34. The van der Waals surface area contributed by atoms with Gasteiger partial charge in [0.05, 0.1) is 6.42 Å². The van der Waals surface area contributed by atoms with Gasteiger partial charge in [0.15, 0.2) is 0 Å². The van der Waals surface area contributed by atoms with Crippen molar-refractivity contribution in [3.05, 3.63) is 71.8 Å². The second-order valence-corrected chi connectivity index (χ2v) is 4.61. The van der Waals surface area contributed by atoms with Crippen molar-refractivity contribution in [1.29, 1.82) is 0 Å². The van der Waals surface area contributed by atoms with E-state index < -0.39 is 0 Å². The first-order valence-corrected chi connectivity index (χ1v) is 6.99. The molecule has 0 aliphatic carbocycles. The zero-order chi connectivity index (χ0) is 13.5. The molecule has 19 heavy (non-hydrogen) atoms. The molecular weight excluding hydrogens is 252 g/mol. The van der Waals surface area contributed by atoms with Crippen LogP contribution in [-0.4, -0.2) is 16.5 Å². The quantitative estimate of drug-likeness (QED) is 0.629. The maximum Gasteiger partial charge on any atom is 0.296 e. The minimum atomic E-state index is -0.169. The Morgan fingerprint density at radius 2 is 1.58 bits per heavy atom. The monoisotopic (exact) mass is 268 g/mol. The van der Waals surface area contributed by atoms with Gasteiger partial charge in [0.2, 0.25) is 10.5 Å². The Balaban J connectivity index is 2.35. The number of carbonyl (C=O) groups is 1. The van der Waals surface area contributed by atoms with Crippen LogP contribution in [0.3, 0.4) is 0 Å². The molecule has 0 amide bonds. The molecule has 0 heterocycles. The zero-order valence-corrected chi connectivity index (χ0v) is 12.9. The highest BCUT2D eigenvalue weighted by Crippen LogP contribution is 2.21. The largest absolute Gasteiger partial charge is 0.528 e. The van der Waals surface area contributed by atoms with Crippen molar-refractivity contribution in [2.45, 2.75) is 6.42 Å². The first-order chi connectivity index (χ1) is 9.29. The molecule has 96 valence electrons. The molecule has 2 aromatic rings. The van der Waals surface area contributed by atoms with Crippen molar-refractivity contribution in [2.24, 2.45) is 0 Å². The van der Waals surface area contributed by atoms with E-state index in [4.69, 9.17) is 4.43 Å². The molecule has 0 atom stereocenters. The van der Waals surface area contributed by atoms with E-state index in [1.165, 1.54) is 0 Å². The Kier molecular flexibility index (Phi) is 4.70. The molecular formula is C16H16O2Si. The van der Waals surface area contributed by atoms with Crippen LogP contribution in [0.4, 0.5) is 0 Å². The molecule has 0 aliphatic heterocycles. The van der Waals surface area contributed by atoms with Gasteiger partial charge < -0.3 is 4.43 Å². The molecule has 0 aliphatic rings. The third-order valence-electron chi connectivity index (χ3n) is 2.85. The van der Waals surface area contributed by atoms with Gasteiger partial charge in [-0.25, -0.2) is 0 Å². The van der Waals surface area contributed by atoms with Crippen molar-refractivity contribution < 1.29 is 9.22 Å². The Labute approximate surface area is 116 Å². The van der Waals surface area contributed by atoms with Gasteiger partial charge in [-0.1, -0.05) is 66.7 Å². The summed E-state index contributed by atoms with van der Waals surface area (Å²) >= 11 is 0. The van der Waals surface area contributed by atoms with Crippen molar-refractivity contribution in [1.82, 2.24) is 0 Å². The second-order valence-electron chi connectivity index (χ2n) is 4.20. The van der Waals surface area contributed by atoms with E-state index in [9.17, 15) is 4.79 Å². The number of rotatable bonds is 4. The van der Waals surface area contributed by atoms with Crippen LogP contribution < -0.4 is 0 Å². The molecule has 2 aromatic carbocycles. The van der Waals surface area contributed by atoms with Gasteiger partial charge in [0, 0.05) is 0 Å². The van der Waals surface area contributed by atoms with Crippen LogP contribution in [0.15, 0.2) is 60.7 Å². The van der Waals surface area contributed by atoms with E-state index in [1.54, 1.807) is 0 Å². The fraction of sp³-hybridized carbons (Fsp3) is 0.0625. The van der Waals surface area contributed by atoms with Crippen LogP contribution in [-0.2, 0) is 9.22 Å². The normalized spacial score (nSPS) is 11.3. The molecule has 0 unspecified atom stereocenters. The lowest BCUT2D eigenvalue weighted by Crippen LogP contribution is -2.02. The Morgan fingerprint density at radius 1 is 1.00 bits per heavy atom. The van der Waals surface area contributed by atoms with E-state index in [1.807, 2.05) is 66.7 Å². The van der Waals surface area contributed by atoms with Crippen LogP contribution in [0.25, 0.3) is 11.6 Å². The molecule has 0 saturated carbocycles. The summed E-state index contributed by atoms with van der Waals surface area (Å²) in [7, 11) is 0.437. The van der Waals surface area contributed by atoms with E-state index in [0.29, 0.717) is 16.9 Å². The van der Waals surface area contributed by atoms with E-state index in [-0.39, 0.29) is 5.97 Å². The Morgan fingerprint density at radius 3 is 2.16 bits per heavy atom. The molecule has 0 radical (unpaired) electrons. The van der Waals surface area contributed by atoms with Gasteiger partial charge >= 0.3 is 0 Å². The summed E-state index contributed by atoms with van der Waals surface area (Å²) < 4.78 is 4.90. The third-order valence-corrected chi connectivity index (χ3v) is 3.30. The fourth-order valence-corrected chi connectivity index (χ4v) is 2.01. The predicted octanol–water partition coefficient (Wildman–Crippen LogP) is 2.44. The molecule has 0 spiro atoms. The highest BCUT2D eigenvalue weighted by atomic mass is 28.2. The van der Waals surface area contributed by atoms with Gasteiger partial charge in [-0.3, -0.25) is 4.79 Å². The topological polar surface area (TPSA) is 26.3 Å². The summed E-state index contributed by atoms with van der Waals surface area (Å²) in [5.41, 5.74) is 3.12. The van der Waals surface area contributed by atoms with Crippen LogP contribution in [0.5, 0.6) is 0 Å². The molecule has 0 N–H and O–H groups in total. The van der Waals surface area contributed by atoms with Crippen molar-refractivity contribution in [3.63, 3.8) is 0 Å². The second kappa shape index (κ2) is 6.71. The molecule has 0 saturated heterocycles. The van der Waals surface area contributed by atoms with Crippen LogP contribution in [0, 0.1) is 0 Å². The number of hydrogen-bond acceptors (Lipinski definition) is 2. The predicted molar refractivity (Wildman–Crippen MR) is 81.4 cm³/mol. The average molecular weight is 268 g/mol. The van der Waals surface area contributed by atoms with Gasteiger partial charge in [0.1, 0.15) is 0 Å². The highest BCUT2D eigenvalue weighted by molar-refractivity contribution is 6.07. The summed E-state index contributed by atoms with van der Waals surface area (Å²) in [4.78, 5) is 11.6. The van der Waals surface area contributed by atoms with Crippen LogP contribution in [0.1, 0.15) is 17.5 Å². The molecule has 0 fully saturated rings. The van der Waals surface area contributed by atoms with Gasteiger partial charge in [-0.2, -0.15) is 0 Å². The maximum absolute atomic E-state index is 11.6. The lowest BCUT2D eigenvalue weighted by Gasteiger charge is -2.07. The Hall–Kier alpha value is -2.13. The first-order valence-electron chi connectivity index (χ1n) is 6.17. The number of carbonyl (C=O) groups excluding carboxylic acids is 1. The van der Waals surface area contributed by atoms with Crippen LogP contribution in [0.2, 0.25) is 0 Å². The first kappa shape index (κ1) is 13.3. The van der Waals surface area contributed by atoms with Crippen molar-refractivity contribution in [3.8, 4) is 0 Å². The van der Waals surface area contributed by atoms with E-state index >= 15 is 0 Å². The van der Waals surface area contributed by atoms with Gasteiger partial charge in [-0.15, -0.1) is 0 Å². The fourth-order valence-electron chi connectivity index (χ4n) is 1.87. The molecule has 2 rings (SSSR count). The van der Waals surface area contributed by atoms with Crippen LogP contribution >= 0.6 is 0 Å². The smallest absolute Gasteiger partial charge is 0.296 e. The lowest BCUT2D eigenvalue weighted by molar-refractivity contribution is -0.132. The van der Waals surface area contributed by atoms with E-state index in [2.05, 4.69) is 0 Å². The third kappa shape index (κ3) is 3.93. The average Bonchev–Trinajstić information content (AvgIpc) is 2.48. The van der Waals surface area contributed by atoms with Crippen molar-refractivity contribution >= 4 is 28.1 Å². The Bertz CT molecular complexity index is 562. The summed E-state index contributed by atoms with van der Waals surface area (Å²) in [6, 6.07) is 19.9. The zero-order valence-electron chi connectivity index (χ0n) is 10.9. The summed E-state index contributed by atoms with van der Waals surface area (Å²) in [5, 5.41) is 0. The minimum absolute atomic E-state index is 0.169. The standard InChI is InChI=1S/C16H16O2Si/c17-16(18-19)12-15(14-9-5-2-6-10-14)11-13-7-3-1-4-8-13/h1-11H,12H2,19H3. The number of benzene rings is 2. The molecule has 0 bridgehead atoms. The van der Waals surface area contributed by atoms with Crippen molar-refractivity contribution in [2.75, 3.05) is 0 Å². The summed E-state index contributed by atoms with van der Waals surface area (Å²) in [6.45, 7) is 0. The van der Waals surface area contributed by atoms with Gasteiger partial charge in [-0.05, 0) is 16.7 Å². The molecule has 2 nitrogen and oxygen atoms in total. The van der Waals surface area contributed by atoms with Gasteiger partial charge in [0.25, 0.3) is 5.97 Å². The number of hydrogen-bond donors (Lipinski definition) is 0. The van der Waals surface area contributed by atoms with E-state index in [0.717, 1.165) is 16.7 Å².